The van der Waals surface area contributed by atoms with Gasteiger partial charge in [0, 0.05) is 45.6 Å². The van der Waals surface area contributed by atoms with Crippen LogP contribution in [0.15, 0.2) is 53.7 Å². The number of nitrogens with one attached hydrogen (secondary N) is 1. The maximum Gasteiger partial charge on any atom is 0.213 e. The standard InChI is InChI=1S/C24H32N4O4/c1-25-24(28-11-13-31-22(18-28)21-8-5-12-30-21)27-17-19-9-10-23(26-16-19)32-15-14-29-20-6-3-2-4-7-20/h2-4,6-7,9-10,16,21-22H,5,8,11-15,17-18H2,1H3,(H,25,27). The number of para-hydroxylation sites is 1. The van der Waals surface area contributed by atoms with Crippen LogP contribution in [0.4, 0.5) is 0 Å². The summed E-state index contributed by atoms with van der Waals surface area (Å²) in [6.45, 7) is 4.68. The first kappa shape index (κ1) is 22.4. The Morgan fingerprint density at radius 2 is 1.94 bits per heavy atom. The molecular formula is C24H32N4O4. The third kappa shape index (κ3) is 6.34. The van der Waals surface area contributed by atoms with Gasteiger partial charge >= 0.3 is 0 Å². The number of morpholine rings is 1. The van der Waals surface area contributed by atoms with E-state index in [1.54, 1.807) is 0 Å². The molecule has 1 aromatic heterocycles. The van der Waals surface area contributed by atoms with Crippen molar-refractivity contribution in [3.8, 4) is 11.6 Å². The van der Waals surface area contributed by atoms with E-state index in [-0.39, 0.29) is 12.2 Å². The lowest BCUT2D eigenvalue weighted by Gasteiger charge is -2.37. The van der Waals surface area contributed by atoms with Crippen molar-refractivity contribution in [1.29, 1.82) is 0 Å². The Bertz CT molecular complexity index is 841. The number of rotatable bonds is 8. The Balaban J connectivity index is 1.19. The van der Waals surface area contributed by atoms with E-state index in [2.05, 4.69) is 20.2 Å². The second-order valence-electron chi connectivity index (χ2n) is 7.82. The van der Waals surface area contributed by atoms with Crippen LogP contribution < -0.4 is 14.8 Å². The highest BCUT2D eigenvalue weighted by Crippen LogP contribution is 2.21. The first-order valence-electron chi connectivity index (χ1n) is 11.3. The van der Waals surface area contributed by atoms with Crippen LogP contribution in [-0.4, -0.2) is 74.6 Å². The van der Waals surface area contributed by atoms with E-state index in [1.165, 1.54) is 0 Å². The molecule has 2 saturated heterocycles. The van der Waals surface area contributed by atoms with Gasteiger partial charge in [0.2, 0.25) is 5.88 Å². The Morgan fingerprint density at radius 1 is 1.09 bits per heavy atom. The molecule has 2 aliphatic heterocycles. The van der Waals surface area contributed by atoms with Gasteiger partial charge in [-0.3, -0.25) is 4.99 Å². The van der Waals surface area contributed by atoms with Crippen LogP contribution in [0.3, 0.4) is 0 Å². The predicted octanol–water partition coefficient (Wildman–Crippen LogP) is 2.49. The van der Waals surface area contributed by atoms with E-state index < -0.39 is 0 Å². The lowest BCUT2D eigenvalue weighted by molar-refractivity contribution is -0.0817. The summed E-state index contributed by atoms with van der Waals surface area (Å²) in [5.41, 5.74) is 1.06. The fourth-order valence-corrected chi connectivity index (χ4v) is 3.93. The molecule has 0 saturated carbocycles. The Labute approximate surface area is 189 Å². The molecule has 2 atom stereocenters. The van der Waals surface area contributed by atoms with Crippen LogP contribution in [0.2, 0.25) is 0 Å². The van der Waals surface area contributed by atoms with Gasteiger partial charge in [0.15, 0.2) is 5.96 Å². The maximum atomic E-state index is 5.95. The van der Waals surface area contributed by atoms with Crippen molar-refractivity contribution < 1.29 is 18.9 Å². The molecule has 32 heavy (non-hydrogen) atoms. The van der Waals surface area contributed by atoms with Gasteiger partial charge in [0.1, 0.15) is 25.1 Å². The van der Waals surface area contributed by atoms with Crippen molar-refractivity contribution in [2.45, 2.75) is 31.6 Å². The van der Waals surface area contributed by atoms with Crippen LogP contribution >= 0.6 is 0 Å². The number of ether oxygens (including phenoxy) is 4. The van der Waals surface area contributed by atoms with Gasteiger partial charge in [-0.25, -0.2) is 4.98 Å². The third-order valence-corrected chi connectivity index (χ3v) is 5.58. The smallest absolute Gasteiger partial charge is 0.213 e. The highest BCUT2D eigenvalue weighted by molar-refractivity contribution is 5.80. The molecule has 2 aliphatic rings. The fourth-order valence-electron chi connectivity index (χ4n) is 3.93. The Kier molecular flexibility index (Phi) is 8.17. The van der Waals surface area contributed by atoms with E-state index in [0.717, 1.165) is 49.8 Å². The normalized spacial score (nSPS) is 21.4. The molecule has 0 bridgehead atoms. The van der Waals surface area contributed by atoms with E-state index >= 15 is 0 Å². The number of benzene rings is 1. The van der Waals surface area contributed by atoms with Crippen LogP contribution in [-0.2, 0) is 16.0 Å². The number of hydrogen-bond donors (Lipinski definition) is 1. The van der Waals surface area contributed by atoms with Gasteiger partial charge in [-0.15, -0.1) is 0 Å². The largest absolute Gasteiger partial charge is 0.490 e. The number of pyridine rings is 1. The number of aliphatic imine (C=N–C) groups is 1. The minimum atomic E-state index is 0.105. The average molecular weight is 441 g/mol. The topological polar surface area (TPSA) is 77.4 Å². The van der Waals surface area contributed by atoms with Crippen molar-refractivity contribution in [3.05, 3.63) is 54.2 Å². The molecular weight excluding hydrogens is 408 g/mol. The number of aromatic nitrogens is 1. The fraction of sp³-hybridized carbons (Fsp3) is 0.500. The minimum absolute atomic E-state index is 0.105. The molecule has 2 aromatic rings. The van der Waals surface area contributed by atoms with E-state index in [1.807, 2.05) is 55.7 Å². The molecule has 0 amide bonds. The van der Waals surface area contributed by atoms with Crippen molar-refractivity contribution in [2.75, 3.05) is 46.6 Å². The molecule has 4 rings (SSSR count). The number of nitrogens with zero attached hydrogens (tertiary/aromatic N) is 3. The molecule has 3 heterocycles. The monoisotopic (exact) mass is 440 g/mol. The molecule has 2 unspecified atom stereocenters. The quantitative estimate of drug-likeness (QED) is 0.384. The zero-order chi connectivity index (χ0) is 22.0. The molecule has 0 radical (unpaired) electrons. The first-order valence-corrected chi connectivity index (χ1v) is 11.3. The molecule has 8 heteroatoms. The van der Waals surface area contributed by atoms with Crippen molar-refractivity contribution in [1.82, 2.24) is 15.2 Å². The van der Waals surface area contributed by atoms with Gasteiger partial charge in [0.05, 0.1) is 12.7 Å². The molecule has 0 aliphatic carbocycles. The van der Waals surface area contributed by atoms with Crippen LogP contribution in [0.5, 0.6) is 11.6 Å². The van der Waals surface area contributed by atoms with Gasteiger partial charge in [0.25, 0.3) is 0 Å². The summed E-state index contributed by atoms with van der Waals surface area (Å²) in [5.74, 6) is 2.29. The first-order chi connectivity index (χ1) is 15.8. The van der Waals surface area contributed by atoms with Crippen LogP contribution in [0.1, 0.15) is 18.4 Å². The highest BCUT2D eigenvalue weighted by atomic mass is 16.5. The second kappa shape index (κ2) is 11.7. The molecule has 1 N–H and O–H groups in total. The molecule has 1 aromatic carbocycles. The summed E-state index contributed by atoms with van der Waals surface area (Å²) in [4.78, 5) is 11.1. The zero-order valence-corrected chi connectivity index (χ0v) is 18.6. The summed E-state index contributed by atoms with van der Waals surface area (Å²) in [6, 6.07) is 13.6. The summed E-state index contributed by atoms with van der Waals surface area (Å²) < 4.78 is 23.1. The average Bonchev–Trinajstić information content (AvgIpc) is 3.39. The summed E-state index contributed by atoms with van der Waals surface area (Å²) >= 11 is 0. The van der Waals surface area contributed by atoms with E-state index in [0.29, 0.717) is 32.2 Å². The molecule has 172 valence electrons. The molecule has 0 spiro atoms. The van der Waals surface area contributed by atoms with Gasteiger partial charge in [-0.1, -0.05) is 24.3 Å². The van der Waals surface area contributed by atoms with E-state index in [9.17, 15) is 0 Å². The zero-order valence-electron chi connectivity index (χ0n) is 18.6. The van der Waals surface area contributed by atoms with Crippen molar-refractivity contribution in [3.63, 3.8) is 0 Å². The van der Waals surface area contributed by atoms with Crippen molar-refractivity contribution in [2.24, 2.45) is 4.99 Å². The second-order valence-corrected chi connectivity index (χ2v) is 7.82. The van der Waals surface area contributed by atoms with E-state index in [4.69, 9.17) is 18.9 Å². The van der Waals surface area contributed by atoms with Gasteiger partial charge in [-0.2, -0.15) is 0 Å². The maximum absolute atomic E-state index is 5.95. The number of hydrogen-bond acceptors (Lipinski definition) is 6. The highest BCUT2D eigenvalue weighted by Gasteiger charge is 2.32. The lowest BCUT2D eigenvalue weighted by atomic mass is 10.1. The Hall–Kier alpha value is -2.84. The van der Waals surface area contributed by atoms with Crippen molar-refractivity contribution >= 4 is 5.96 Å². The Morgan fingerprint density at radius 3 is 2.69 bits per heavy atom. The number of guanidine groups is 1. The minimum Gasteiger partial charge on any atom is -0.490 e. The SMILES string of the molecule is CN=C(NCc1ccc(OCCOc2ccccc2)nc1)N1CCOC(C2CCCO2)C1. The molecule has 2 fully saturated rings. The van der Waals surface area contributed by atoms with Gasteiger partial charge in [-0.05, 0) is 30.5 Å². The summed E-state index contributed by atoms with van der Waals surface area (Å²) in [7, 11) is 1.81. The lowest BCUT2D eigenvalue weighted by Crippen LogP contribution is -2.53. The van der Waals surface area contributed by atoms with Crippen LogP contribution in [0, 0.1) is 0 Å². The van der Waals surface area contributed by atoms with Gasteiger partial charge < -0.3 is 29.2 Å². The summed E-state index contributed by atoms with van der Waals surface area (Å²) in [6.07, 6.45) is 4.31. The summed E-state index contributed by atoms with van der Waals surface area (Å²) in [5, 5.41) is 3.44. The van der Waals surface area contributed by atoms with Crippen LogP contribution in [0.25, 0.3) is 0 Å². The third-order valence-electron chi connectivity index (χ3n) is 5.58. The predicted molar refractivity (Wildman–Crippen MR) is 122 cm³/mol. The molecule has 8 nitrogen and oxygen atoms in total.